The van der Waals surface area contributed by atoms with Crippen molar-refractivity contribution >= 4 is 0 Å². The minimum absolute atomic E-state index is 0.792. The van der Waals surface area contributed by atoms with Crippen LogP contribution in [0.25, 0.3) is 0 Å². The molecule has 78 valence electrons. The predicted molar refractivity (Wildman–Crippen MR) is 57.5 cm³/mol. The molecule has 0 radical (unpaired) electrons. The topological polar surface area (TPSA) is 15.0 Å². The predicted octanol–water partition coefficient (Wildman–Crippen LogP) is 2.56. The summed E-state index contributed by atoms with van der Waals surface area (Å²) in [7, 11) is 0. The highest BCUT2D eigenvalue weighted by molar-refractivity contribution is 4.80. The maximum atomic E-state index is 3.43. The Balaban J connectivity index is 1.69. The monoisotopic (exact) mass is 184 g/mol. The van der Waals surface area contributed by atoms with Gasteiger partial charge < -0.3 is 0 Å². The molecule has 0 aromatic carbocycles. The van der Waals surface area contributed by atoms with Crippen LogP contribution in [0.1, 0.15) is 52.4 Å². The summed E-state index contributed by atoms with van der Waals surface area (Å²) < 4.78 is 0. The van der Waals surface area contributed by atoms with Gasteiger partial charge >= 0.3 is 0 Å². The van der Waals surface area contributed by atoms with Gasteiger partial charge in [0.25, 0.3) is 0 Å². The number of hydrogen-bond acceptors (Lipinski definition) is 2. The number of nitrogens with zero attached hydrogens (tertiary/aromatic N) is 1. The lowest BCUT2D eigenvalue weighted by molar-refractivity contribution is 0.369. The van der Waals surface area contributed by atoms with Crippen LogP contribution in [0.2, 0.25) is 0 Å². The number of hydrazine groups is 1. The molecule has 0 aromatic heterocycles. The summed E-state index contributed by atoms with van der Waals surface area (Å²) in [6.07, 6.45) is 8.35. The zero-order chi connectivity index (χ0) is 9.52. The van der Waals surface area contributed by atoms with Gasteiger partial charge in [-0.15, -0.1) is 0 Å². The molecule has 0 aliphatic carbocycles. The normalized spacial score (nSPS) is 26.3. The molecule has 0 amide bonds. The first-order chi connectivity index (χ1) is 6.34. The summed E-state index contributed by atoms with van der Waals surface area (Å²) in [6.45, 7) is 6.95. The Labute approximate surface area is 82.7 Å². The van der Waals surface area contributed by atoms with E-state index >= 15 is 0 Å². The lowest BCUT2D eigenvalue weighted by Gasteiger charge is -2.04. The molecule has 1 aliphatic heterocycles. The molecule has 1 saturated heterocycles. The summed E-state index contributed by atoms with van der Waals surface area (Å²) in [4.78, 5) is 0. The van der Waals surface area contributed by atoms with Gasteiger partial charge in [-0.3, -0.25) is 5.43 Å². The van der Waals surface area contributed by atoms with Crippen molar-refractivity contribution in [2.45, 2.75) is 58.4 Å². The van der Waals surface area contributed by atoms with Crippen LogP contribution in [0, 0.1) is 0 Å². The van der Waals surface area contributed by atoms with Gasteiger partial charge in [0, 0.05) is 19.1 Å². The van der Waals surface area contributed by atoms with Crippen molar-refractivity contribution in [3.8, 4) is 0 Å². The highest BCUT2D eigenvalue weighted by Crippen LogP contribution is 2.11. The SMILES string of the molecule is CCCCCCCCNN1CC1C. The minimum Gasteiger partial charge on any atom is -0.255 e. The number of rotatable bonds is 8. The van der Waals surface area contributed by atoms with E-state index in [4.69, 9.17) is 0 Å². The first-order valence-corrected chi connectivity index (χ1v) is 5.84. The van der Waals surface area contributed by atoms with Crippen LogP contribution < -0.4 is 5.43 Å². The van der Waals surface area contributed by atoms with Crippen LogP contribution in [0.15, 0.2) is 0 Å². The van der Waals surface area contributed by atoms with Crippen LogP contribution >= 0.6 is 0 Å². The lowest BCUT2D eigenvalue weighted by Crippen LogP contribution is -2.23. The van der Waals surface area contributed by atoms with E-state index < -0.39 is 0 Å². The summed E-state index contributed by atoms with van der Waals surface area (Å²) in [6, 6.07) is 0.792. The average Bonchev–Trinajstić information content (AvgIpc) is 2.81. The molecular weight excluding hydrogens is 160 g/mol. The van der Waals surface area contributed by atoms with E-state index in [9.17, 15) is 0 Å². The van der Waals surface area contributed by atoms with Crippen molar-refractivity contribution in [3.05, 3.63) is 0 Å². The summed E-state index contributed by atoms with van der Waals surface area (Å²) in [5.74, 6) is 0. The fourth-order valence-electron chi connectivity index (χ4n) is 1.59. The zero-order valence-corrected chi connectivity index (χ0v) is 9.18. The van der Waals surface area contributed by atoms with Gasteiger partial charge in [-0.25, -0.2) is 5.01 Å². The van der Waals surface area contributed by atoms with E-state index in [1.54, 1.807) is 0 Å². The highest BCUT2D eigenvalue weighted by atomic mass is 15.6. The van der Waals surface area contributed by atoms with Crippen LogP contribution in [0.3, 0.4) is 0 Å². The number of unbranched alkanes of at least 4 members (excludes halogenated alkanes) is 5. The first-order valence-electron chi connectivity index (χ1n) is 5.84. The molecule has 0 bridgehead atoms. The molecular formula is C11H24N2. The number of nitrogens with one attached hydrogen (secondary N) is 1. The molecule has 1 aliphatic rings. The second kappa shape index (κ2) is 6.39. The number of hydrogen-bond donors (Lipinski definition) is 1. The molecule has 1 N–H and O–H groups in total. The third kappa shape index (κ3) is 5.27. The summed E-state index contributed by atoms with van der Waals surface area (Å²) in [5.41, 5.74) is 3.43. The zero-order valence-electron chi connectivity index (χ0n) is 9.18. The molecule has 13 heavy (non-hydrogen) atoms. The van der Waals surface area contributed by atoms with Gasteiger partial charge in [0.2, 0.25) is 0 Å². The third-order valence-corrected chi connectivity index (χ3v) is 2.70. The molecule has 2 unspecified atom stereocenters. The molecule has 0 spiro atoms. The smallest absolute Gasteiger partial charge is 0.0357 e. The van der Waals surface area contributed by atoms with E-state index in [-0.39, 0.29) is 0 Å². The van der Waals surface area contributed by atoms with Gasteiger partial charge in [0.05, 0.1) is 0 Å². The molecule has 2 atom stereocenters. The van der Waals surface area contributed by atoms with E-state index in [0.29, 0.717) is 0 Å². The van der Waals surface area contributed by atoms with Gasteiger partial charge in [0.1, 0.15) is 0 Å². The van der Waals surface area contributed by atoms with E-state index in [1.807, 2.05) is 0 Å². The second-order valence-corrected chi connectivity index (χ2v) is 4.18. The van der Waals surface area contributed by atoms with Crippen molar-refractivity contribution < 1.29 is 0 Å². The largest absolute Gasteiger partial charge is 0.255 e. The maximum Gasteiger partial charge on any atom is 0.0357 e. The van der Waals surface area contributed by atoms with Crippen molar-refractivity contribution in [1.82, 2.24) is 10.4 Å². The maximum absolute atomic E-state index is 3.43. The quantitative estimate of drug-likeness (QED) is 0.460. The fraction of sp³-hybridized carbons (Fsp3) is 1.00. The van der Waals surface area contributed by atoms with Gasteiger partial charge in [-0.05, 0) is 13.3 Å². The Bertz CT molecular complexity index is 125. The summed E-state index contributed by atoms with van der Waals surface area (Å²) >= 11 is 0. The molecule has 2 nitrogen and oxygen atoms in total. The van der Waals surface area contributed by atoms with Crippen molar-refractivity contribution in [2.75, 3.05) is 13.1 Å². The Morgan fingerprint density at radius 3 is 2.38 bits per heavy atom. The van der Waals surface area contributed by atoms with Crippen molar-refractivity contribution in [3.63, 3.8) is 0 Å². The molecule has 0 saturated carbocycles. The molecule has 2 heteroatoms. The second-order valence-electron chi connectivity index (χ2n) is 4.18. The molecule has 0 aromatic rings. The minimum atomic E-state index is 0.792. The van der Waals surface area contributed by atoms with Crippen molar-refractivity contribution in [1.29, 1.82) is 0 Å². The highest BCUT2D eigenvalue weighted by Gasteiger charge is 2.27. The Morgan fingerprint density at radius 2 is 1.77 bits per heavy atom. The van der Waals surface area contributed by atoms with Gasteiger partial charge in [-0.1, -0.05) is 39.0 Å². The van der Waals surface area contributed by atoms with Crippen LogP contribution in [0.4, 0.5) is 0 Å². The Hall–Kier alpha value is -0.0800. The van der Waals surface area contributed by atoms with Crippen LogP contribution in [-0.2, 0) is 0 Å². The van der Waals surface area contributed by atoms with E-state index in [1.165, 1.54) is 51.6 Å². The fourth-order valence-corrected chi connectivity index (χ4v) is 1.59. The lowest BCUT2D eigenvalue weighted by atomic mass is 10.1. The van der Waals surface area contributed by atoms with E-state index in [0.717, 1.165) is 6.04 Å². The van der Waals surface area contributed by atoms with Crippen LogP contribution in [-0.4, -0.2) is 24.1 Å². The standard InChI is InChI=1S/C11H24N2/c1-3-4-5-6-7-8-9-12-13-10-11(13)2/h11-12H,3-10H2,1-2H3. The third-order valence-electron chi connectivity index (χ3n) is 2.70. The first kappa shape index (κ1) is 11.0. The Morgan fingerprint density at radius 1 is 1.15 bits per heavy atom. The molecule has 1 rings (SSSR count). The molecule has 1 heterocycles. The van der Waals surface area contributed by atoms with E-state index in [2.05, 4.69) is 24.3 Å². The Kier molecular flexibility index (Phi) is 5.40. The van der Waals surface area contributed by atoms with Gasteiger partial charge in [-0.2, -0.15) is 0 Å². The van der Waals surface area contributed by atoms with Crippen molar-refractivity contribution in [2.24, 2.45) is 0 Å². The molecule has 1 fully saturated rings. The van der Waals surface area contributed by atoms with Gasteiger partial charge in [0.15, 0.2) is 0 Å². The summed E-state index contributed by atoms with van der Waals surface area (Å²) in [5, 5.41) is 2.31. The van der Waals surface area contributed by atoms with Crippen LogP contribution in [0.5, 0.6) is 0 Å². The average molecular weight is 184 g/mol.